The quantitative estimate of drug-likeness (QED) is 0.740. The molecule has 0 amide bonds. The number of phenolic OH excluding ortho intramolecular Hbond substituents is 3. The van der Waals surface area contributed by atoms with Crippen molar-refractivity contribution in [1.82, 2.24) is 0 Å². The molecule has 98 valence electrons. The highest BCUT2D eigenvalue weighted by Crippen LogP contribution is 2.29. The third-order valence-electron chi connectivity index (χ3n) is 3.03. The summed E-state index contributed by atoms with van der Waals surface area (Å²) in [5, 5.41) is 28.1. The number of Topliss-reactive ketones (excluding diaryl/α,β-unsaturated/α-hetero) is 1. The van der Waals surface area contributed by atoms with E-state index >= 15 is 0 Å². The molecule has 2 aromatic carbocycles. The van der Waals surface area contributed by atoms with Gasteiger partial charge in [-0.15, -0.1) is 0 Å². The minimum atomic E-state index is -0.448. The van der Waals surface area contributed by atoms with Crippen molar-refractivity contribution < 1.29 is 20.1 Å². The number of benzene rings is 2. The van der Waals surface area contributed by atoms with Gasteiger partial charge in [0.25, 0.3) is 0 Å². The zero-order chi connectivity index (χ0) is 14.0. The number of aromatic hydroxyl groups is 3. The Morgan fingerprint density at radius 1 is 0.947 bits per heavy atom. The molecule has 0 spiro atoms. The fourth-order valence-corrected chi connectivity index (χ4v) is 1.88. The molecule has 0 aliphatic carbocycles. The van der Waals surface area contributed by atoms with E-state index in [0.717, 1.165) is 11.6 Å². The molecule has 3 N–H and O–H groups in total. The Bertz CT molecular complexity index is 602. The van der Waals surface area contributed by atoms with Gasteiger partial charge in [0.15, 0.2) is 5.78 Å². The highest BCUT2D eigenvalue weighted by Gasteiger charge is 2.20. The second-order valence-corrected chi connectivity index (χ2v) is 4.38. The standard InChI is InChI=1S/C15H14O4/c1-9(10-2-4-11(16)5-3-10)15(19)13-7-6-12(17)8-14(13)18/h2-9,16-18H,1H3/t9-/m1/s1. The SMILES string of the molecule is C[C@@H](C(=O)c1ccc(O)cc1O)c1ccc(O)cc1. The van der Waals surface area contributed by atoms with Gasteiger partial charge in [0.05, 0.1) is 5.56 Å². The summed E-state index contributed by atoms with van der Waals surface area (Å²) in [5.74, 6) is -0.892. The minimum absolute atomic E-state index is 0.0914. The van der Waals surface area contributed by atoms with Gasteiger partial charge in [-0.25, -0.2) is 0 Å². The van der Waals surface area contributed by atoms with Crippen LogP contribution in [0.15, 0.2) is 42.5 Å². The zero-order valence-corrected chi connectivity index (χ0v) is 10.4. The van der Waals surface area contributed by atoms with Crippen LogP contribution in [0.5, 0.6) is 17.2 Å². The first-order valence-corrected chi connectivity index (χ1v) is 5.84. The van der Waals surface area contributed by atoms with Crippen LogP contribution in [0.4, 0.5) is 0 Å². The van der Waals surface area contributed by atoms with Gasteiger partial charge in [-0.05, 0) is 29.8 Å². The Labute approximate surface area is 110 Å². The molecule has 0 fully saturated rings. The van der Waals surface area contributed by atoms with E-state index in [1.807, 2.05) is 0 Å². The maximum atomic E-state index is 12.3. The molecule has 0 bridgehead atoms. The van der Waals surface area contributed by atoms with Gasteiger partial charge in [-0.2, -0.15) is 0 Å². The maximum absolute atomic E-state index is 12.3. The lowest BCUT2D eigenvalue weighted by Gasteiger charge is -2.12. The summed E-state index contributed by atoms with van der Waals surface area (Å²) >= 11 is 0. The van der Waals surface area contributed by atoms with Gasteiger partial charge in [0, 0.05) is 12.0 Å². The number of phenols is 3. The van der Waals surface area contributed by atoms with Crippen LogP contribution in [-0.2, 0) is 0 Å². The lowest BCUT2D eigenvalue weighted by Crippen LogP contribution is -2.09. The van der Waals surface area contributed by atoms with Crippen LogP contribution in [0, 0.1) is 0 Å². The molecule has 0 aliphatic rings. The van der Waals surface area contributed by atoms with Crippen LogP contribution < -0.4 is 0 Å². The summed E-state index contributed by atoms with van der Waals surface area (Å²) in [6, 6.07) is 10.2. The maximum Gasteiger partial charge on any atom is 0.173 e. The third kappa shape index (κ3) is 2.68. The second-order valence-electron chi connectivity index (χ2n) is 4.38. The monoisotopic (exact) mass is 258 g/mol. The van der Waals surface area contributed by atoms with E-state index in [2.05, 4.69) is 0 Å². The van der Waals surface area contributed by atoms with Crippen molar-refractivity contribution in [2.24, 2.45) is 0 Å². The molecule has 4 nitrogen and oxygen atoms in total. The number of carbonyl (C=O) groups is 1. The highest BCUT2D eigenvalue weighted by atomic mass is 16.3. The van der Waals surface area contributed by atoms with E-state index in [9.17, 15) is 20.1 Å². The summed E-state index contributed by atoms with van der Waals surface area (Å²) in [6.07, 6.45) is 0. The number of hydrogen-bond acceptors (Lipinski definition) is 4. The molecule has 0 aromatic heterocycles. The summed E-state index contributed by atoms with van der Waals surface area (Å²) in [6.45, 7) is 1.72. The number of hydrogen-bond donors (Lipinski definition) is 3. The van der Waals surface area contributed by atoms with E-state index in [1.165, 1.54) is 24.3 Å². The van der Waals surface area contributed by atoms with Crippen molar-refractivity contribution in [2.75, 3.05) is 0 Å². The molecule has 0 heterocycles. The van der Waals surface area contributed by atoms with Crippen LogP contribution in [0.2, 0.25) is 0 Å². The van der Waals surface area contributed by atoms with Crippen LogP contribution >= 0.6 is 0 Å². The Morgan fingerprint density at radius 3 is 2.11 bits per heavy atom. The van der Waals surface area contributed by atoms with E-state index in [-0.39, 0.29) is 28.6 Å². The van der Waals surface area contributed by atoms with E-state index in [1.54, 1.807) is 19.1 Å². The number of rotatable bonds is 3. The molecule has 2 aromatic rings. The molecule has 1 atom stereocenters. The van der Waals surface area contributed by atoms with E-state index in [4.69, 9.17) is 0 Å². The molecule has 0 saturated heterocycles. The molecule has 0 unspecified atom stereocenters. The van der Waals surface area contributed by atoms with Crippen molar-refractivity contribution in [3.8, 4) is 17.2 Å². The van der Waals surface area contributed by atoms with Gasteiger partial charge in [-0.3, -0.25) is 4.79 Å². The van der Waals surface area contributed by atoms with Crippen molar-refractivity contribution in [3.63, 3.8) is 0 Å². The summed E-state index contributed by atoms with van der Waals surface area (Å²) in [4.78, 5) is 12.3. The summed E-state index contributed by atoms with van der Waals surface area (Å²) in [7, 11) is 0. The predicted molar refractivity (Wildman–Crippen MR) is 70.6 cm³/mol. The molecule has 0 saturated carbocycles. The first kappa shape index (κ1) is 13.0. The third-order valence-corrected chi connectivity index (χ3v) is 3.03. The highest BCUT2D eigenvalue weighted by molar-refractivity contribution is 6.03. The number of ketones is 1. The van der Waals surface area contributed by atoms with Crippen molar-refractivity contribution in [3.05, 3.63) is 53.6 Å². The average molecular weight is 258 g/mol. The van der Waals surface area contributed by atoms with Crippen molar-refractivity contribution >= 4 is 5.78 Å². The summed E-state index contributed by atoms with van der Waals surface area (Å²) in [5.41, 5.74) is 0.911. The van der Waals surface area contributed by atoms with E-state index < -0.39 is 5.92 Å². The molecule has 2 rings (SSSR count). The van der Waals surface area contributed by atoms with Gasteiger partial charge >= 0.3 is 0 Å². The molecular weight excluding hydrogens is 244 g/mol. The zero-order valence-electron chi connectivity index (χ0n) is 10.4. The largest absolute Gasteiger partial charge is 0.508 e. The van der Waals surface area contributed by atoms with Crippen molar-refractivity contribution in [2.45, 2.75) is 12.8 Å². The normalized spacial score (nSPS) is 12.1. The van der Waals surface area contributed by atoms with Crippen LogP contribution in [-0.4, -0.2) is 21.1 Å². The topological polar surface area (TPSA) is 77.8 Å². The first-order chi connectivity index (χ1) is 8.99. The van der Waals surface area contributed by atoms with Gasteiger partial charge in [0.2, 0.25) is 0 Å². The first-order valence-electron chi connectivity index (χ1n) is 5.84. The van der Waals surface area contributed by atoms with Crippen molar-refractivity contribution in [1.29, 1.82) is 0 Å². The van der Waals surface area contributed by atoms with Gasteiger partial charge in [-0.1, -0.05) is 19.1 Å². The molecule has 4 heteroatoms. The molecule has 0 aliphatic heterocycles. The summed E-state index contributed by atoms with van der Waals surface area (Å²) < 4.78 is 0. The smallest absolute Gasteiger partial charge is 0.173 e. The van der Waals surface area contributed by atoms with Crippen LogP contribution in [0.1, 0.15) is 28.8 Å². The minimum Gasteiger partial charge on any atom is -0.508 e. The van der Waals surface area contributed by atoms with Gasteiger partial charge < -0.3 is 15.3 Å². The Morgan fingerprint density at radius 2 is 1.53 bits per heavy atom. The Balaban J connectivity index is 2.30. The second kappa shape index (κ2) is 5.02. The molecule has 19 heavy (non-hydrogen) atoms. The Hall–Kier alpha value is -2.49. The predicted octanol–water partition coefficient (Wildman–Crippen LogP) is 2.79. The van der Waals surface area contributed by atoms with Gasteiger partial charge in [0.1, 0.15) is 17.2 Å². The lowest BCUT2D eigenvalue weighted by molar-refractivity contribution is 0.0963. The number of carbonyl (C=O) groups excluding carboxylic acids is 1. The Kier molecular flexibility index (Phi) is 3.42. The molecule has 0 radical (unpaired) electrons. The fourth-order valence-electron chi connectivity index (χ4n) is 1.88. The lowest BCUT2D eigenvalue weighted by atomic mass is 9.92. The average Bonchev–Trinajstić information content (AvgIpc) is 2.38. The van der Waals surface area contributed by atoms with Crippen LogP contribution in [0.3, 0.4) is 0 Å². The van der Waals surface area contributed by atoms with E-state index in [0.29, 0.717) is 0 Å². The fraction of sp³-hybridized carbons (Fsp3) is 0.133. The molecular formula is C15H14O4. The van der Waals surface area contributed by atoms with Crippen LogP contribution in [0.25, 0.3) is 0 Å².